The minimum atomic E-state index is -0.118. The van der Waals surface area contributed by atoms with Crippen LogP contribution in [-0.4, -0.2) is 53.9 Å². The van der Waals surface area contributed by atoms with Gasteiger partial charge >= 0.3 is 0 Å². The predicted molar refractivity (Wildman–Crippen MR) is 110 cm³/mol. The van der Waals surface area contributed by atoms with Gasteiger partial charge in [-0.05, 0) is 44.2 Å². The quantitative estimate of drug-likeness (QED) is 0.830. The van der Waals surface area contributed by atoms with E-state index in [0.29, 0.717) is 29.2 Å². The van der Waals surface area contributed by atoms with Gasteiger partial charge in [0.05, 0.1) is 11.1 Å². The van der Waals surface area contributed by atoms with Gasteiger partial charge in [0.2, 0.25) is 5.78 Å². The van der Waals surface area contributed by atoms with Gasteiger partial charge in [-0.1, -0.05) is 29.8 Å². The Balaban J connectivity index is 1.66. The van der Waals surface area contributed by atoms with Crippen molar-refractivity contribution in [1.29, 1.82) is 0 Å². The molecule has 2 heterocycles. The molecule has 5 nitrogen and oxygen atoms in total. The van der Waals surface area contributed by atoms with E-state index in [1.165, 1.54) is 5.56 Å². The first-order chi connectivity index (χ1) is 13.4. The Labute approximate surface area is 165 Å². The van der Waals surface area contributed by atoms with Crippen molar-refractivity contribution in [1.82, 2.24) is 9.80 Å². The normalized spacial score (nSPS) is 19.1. The molecule has 0 unspecified atom stereocenters. The van der Waals surface area contributed by atoms with Crippen LogP contribution in [0.25, 0.3) is 6.08 Å². The van der Waals surface area contributed by atoms with Crippen molar-refractivity contribution >= 4 is 11.9 Å². The number of nitrogens with zero attached hydrogens (tertiary/aromatic N) is 2. The second-order valence-corrected chi connectivity index (χ2v) is 7.83. The Bertz CT molecular complexity index is 939. The average molecular weight is 378 g/mol. The van der Waals surface area contributed by atoms with E-state index in [1.54, 1.807) is 12.1 Å². The fourth-order valence-corrected chi connectivity index (χ4v) is 3.78. The Morgan fingerprint density at radius 2 is 1.79 bits per heavy atom. The molecule has 0 amide bonds. The lowest BCUT2D eigenvalue weighted by Gasteiger charge is -2.32. The van der Waals surface area contributed by atoms with E-state index in [4.69, 9.17) is 4.74 Å². The maximum atomic E-state index is 13.0. The number of hydrogen-bond acceptors (Lipinski definition) is 5. The van der Waals surface area contributed by atoms with E-state index < -0.39 is 0 Å². The molecule has 4 rings (SSSR count). The van der Waals surface area contributed by atoms with Crippen molar-refractivity contribution < 1.29 is 14.6 Å². The molecule has 0 atom stereocenters. The molecule has 2 aliphatic heterocycles. The predicted octanol–water partition coefficient (Wildman–Crippen LogP) is 3.37. The number of likely N-dealkylation sites (N-methyl/N-ethyl adjacent to an activating group) is 1. The van der Waals surface area contributed by atoms with Gasteiger partial charge in [0.25, 0.3) is 0 Å². The van der Waals surface area contributed by atoms with Crippen LogP contribution in [0, 0.1) is 13.8 Å². The number of aryl methyl sites for hydroxylation is 2. The average Bonchev–Trinajstić information content (AvgIpc) is 2.99. The molecule has 1 saturated heterocycles. The maximum absolute atomic E-state index is 13.0. The number of Topliss-reactive ketones (excluding diaryl/α,β-unsaturated/α-hetero) is 1. The van der Waals surface area contributed by atoms with Crippen LogP contribution in [0.2, 0.25) is 0 Å². The zero-order valence-electron chi connectivity index (χ0n) is 16.7. The Morgan fingerprint density at radius 1 is 1.11 bits per heavy atom. The van der Waals surface area contributed by atoms with Crippen LogP contribution < -0.4 is 4.74 Å². The van der Waals surface area contributed by atoms with E-state index in [0.717, 1.165) is 37.3 Å². The number of aromatic hydroxyl groups is 1. The number of phenolic OH excluding ortho intramolecular Hbond substituents is 1. The molecule has 0 aromatic heterocycles. The number of carbonyl (C=O) groups excluding carboxylic acids is 1. The van der Waals surface area contributed by atoms with Crippen LogP contribution >= 0.6 is 0 Å². The molecule has 2 aromatic carbocycles. The topological polar surface area (TPSA) is 53.0 Å². The summed E-state index contributed by atoms with van der Waals surface area (Å²) in [6.07, 6.45) is 1.78. The molecule has 0 radical (unpaired) electrons. The number of piperazine rings is 1. The number of allylic oxidation sites excluding steroid dienone is 1. The summed E-state index contributed by atoms with van der Waals surface area (Å²) in [5.74, 6) is 0.902. The molecule has 0 spiro atoms. The molecule has 146 valence electrons. The van der Waals surface area contributed by atoms with Gasteiger partial charge in [-0.3, -0.25) is 9.69 Å². The summed E-state index contributed by atoms with van der Waals surface area (Å²) >= 11 is 0. The Kier molecular flexibility index (Phi) is 4.96. The van der Waals surface area contributed by atoms with E-state index in [-0.39, 0.29) is 11.5 Å². The van der Waals surface area contributed by atoms with Crippen LogP contribution in [0.1, 0.15) is 32.6 Å². The monoisotopic (exact) mass is 378 g/mol. The summed E-state index contributed by atoms with van der Waals surface area (Å²) in [6, 6.07) is 9.64. The highest BCUT2D eigenvalue weighted by molar-refractivity contribution is 6.15. The number of ketones is 1. The molecule has 28 heavy (non-hydrogen) atoms. The van der Waals surface area contributed by atoms with E-state index in [9.17, 15) is 9.90 Å². The SMILES string of the molecule is Cc1ccc(/C=C2\Oc3c(CN4CCN(C)CC4)c(O)cc(C)c3C2=O)cc1. The number of phenols is 1. The number of hydrogen-bond donors (Lipinski definition) is 1. The minimum absolute atomic E-state index is 0.118. The van der Waals surface area contributed by atoms with Crippen LogP contribution in [0.15, 0.2) is 36.1 Å². The van der Waals surface area contributed by atoms with Crippen molar-refractivity contribution in [2.75, 3.05) is 33.2 Å². The minimum Gasteiger partial charge on any atom is -0.507 e. The number of benzene rings is 2. The molecule has 0 aliphatic carbocycles. The summed E-state index contributed by atoms with van der Waals surface area (Å²) in [6.45, 7) is 8.29. The van der Waals surface area contributed by atoms with E-state index in [1.807, 2.05) is 38.1 Å². The van der Waals surface area contributed by atoms with Crippen LogP contribution in [0.5, 0.6) is 11.5 Å². The van der Waals surface area contributed by atoms with Crippen LogP contribution in [0.3, 0.4) is 0 Å². The molecular formula is C23H26N2O3. The summed E-state index contributed by atoms with van der Waals surface area (Å²) in [5.41, 5.74) is 4.10. The van der Waals surface area contributed by atoms with Crippen LogP contribution in [0.4, 0.5) is 0 Å². The van der Waals surface area contributed by atoms with Gasteiger partial charge in [0, 0.05) is 32.7 Å². The van der Waals surface area contributed by atoms with Crippen molar-refractivity contribution in [3.05, 3.63) is 63.9 Å². The third-order valence-corrected chi connectivity index (χ3v) is 5.57. The van der Waals surface area contributed by atoms with Gasteiger partial charge in [0.1, 0.15) is 11.5 Å². The first kappa shape index (κ1) is 18.7. The summed E-state index contributed by atoms with van der Waals surface area (Å²) in [5, 5.41) is 10.6. The highest BCUT2D eigenvalue weighted by atomic mass is 16.5. The highest BCUT2D eigenvalue weighted by Gasteiger charge is 2.33. The summed E-state index contributed by atoms with van der Waals surface area (Å²) < 4.78 is 6.02. The second kappa shape index (κ2) is 7.41. The molecular weight excluding hydrogens is 352 g/mol. The number of carbonyl (C=O) groups is 1. The van der Waals surface area contributed by atoms with Crippen molar-refractivity contribution in [3.8, 4) is 11.5 Å². The largest absolute Gasteiger partial charge is 0.507 e. The van der Waals surface area contributed by atoms with Gasteiger partial charge < -0.3 is 14.7 Å². The molecule has 2 aromatic rings. The first-order valence-electron chi connectivity index (χ1n) is 9.69. The number of fused-ring (bicyclic) bond motifs is 1. The lowest BCUT2D eigenvalue weighted by molar-refractivity contribution is 0.101. The fourth-order valence-electron chi connectivity index (χ4n) is 3.78. The lowest BCUT2D eigenvalue weighted by atomic mass is 9.99. The smallest absolute Gasteiger partial charge is 0.232 e. The number of ether oxygens (including phenoxy) is 1. The molecule has 0 saturated carbocycles. The third kappa shape index (κ3) is 3.55. The first-order valence-corrected chi connectivity index (χ1v) is 9.69. The summed E-state index contributed by atoms with van der Waals surface area (Å²) in [7, 11) is 2.11. The Morgan fingerprint density at radius 3 is 2.46 bits per heavy atom. The molecule has 1 fully saturated rings. The second-order valence-electron chi connectivity index (χ2n) is 7.83. The highest BCUT2D eigenvalue weighted by Crippen LogP contribution is 2.42. The van der Waals surface area contributed by atoms with Gasteiger partial charge in [-0.25, -0.2) is 0 Å². The molecule has 2 aliphatic rings. The lowest BCUT2D eigenvalue weighted by Crippen LogP contribution is -2.43. The molecule has 0 bridgehead atoms. The molecule has 1 N–H and O–H groups in total. The fraction of sp³-hybridized carbons (Fsp3) is 0.348. The van der Waals surface area contributed by atoms with Crippen molar-refractivity contribution in [2.45, 2.75) is 20.4 Å². The number of rotatable bonds is 3. The zero-order chi connectivity index (χ0) is 19.8. The van der Waals surface area contributed by atoms with Gasteiger partial charge in [0.15, 0.2) is 5.76 Å². The standard InChI is InChI=1S/C23H26N2O3/c1-15-4-6-17(7-5-15)13-20-22(27)21-16(2)12-19(26)18(23(21)28-20)14-25-10-8-24(3)9-11-25/h4-7,12-13,26H,8-11,14H2,1-3H3/b20-13-. The van der Waals surface area contributed by atoms with Crippen LogP contribution in [-0.2, 0) is 6.54 Å². The molecule has 5 heteroatoms. The van der Waals surface area contributed by atoms with Crippen molar-refractivity contribution in [2.24, 2.45) is 0 Å². The summed E-state index contributed by atoms with van der Waals surface area (Å²) in [4.78, 5) is 17.6. The Hall–Kier alpha value is -2.63. The maximum Gasteiger partial charge on any atom is 0.232 e. The van der Waals surface area contributed by atoms with E-state index >= 15 is 0 Å². The van der Waals surface area contributed by atoms with E-state index in [2.05, 4.69) is 16.8 Å². The van der Waals surface area contributed by atoms with Crippen molar-refractivity contribution in [3.63, 3.8) is 0 Å². The third-order valence-electron chi connectivity index (χ3n) is 5.57. The van der Waals surface area contributed by atoms with Gasteiger partial charge in [-0.2, -0.15) is 0 Å². The van der Waals surface area contributed by atoms with Gasteiger partial charge in [-0.15, -0.1) is 0 Å². The zero-order valence-corrected chi connectivity index (χ0v) is 16.7.